The maximum atomic E-state index is 11.4. The van der Waals surface area contributed by atoms with Crippen LogP contribution in [0.3, 0.4) is 0 Å². The van der Waals surface area contributed by atoms with Crippen molar-refractivity contribution >= 4 is 99.3 Å². The molecule has 4 fully saturated rings. The molecule has 0 radical (unpaired) electrons. The van der Waals surface area contributed by atoms with E-state index in [1.165, 1.54) is 7.11 Å². The van der Waals surface area contributed by atoms with E-state index >= 15 is 0 Å². The maximum Gasteiger partial charge on any atom is 0.176 e. The summed E-state index contributed by atoms with van der Waals surface area (Å²) in [6.45, 7) is 0.439. The van der Waals surface area contributed by atoms with Gasteiger partial charge in [0.05, 0.1) is 50.6 Å². The predicted molar refractivity (Wildman–Crippen MR) is 328 cm³/mol. The lowest BCUT2D eigenvalue weighted by Crippen LogP contribution is -2.71. The van der Waals surface area contributed by atoms with Crippen LogP contribution in [0.1, 0.15) is 22.3 Å². The fourth-order valence-corrected chi connectivity index (χ4v) is 9.91. The second-order valence-electron chi connectivity index (χ2n) is 19.0. The SMILES string of the molecule is CO[C@H]1O[C@H](CN)[C@@H](O[C@H]2O[C@H](CN)[C@@H](O[C@H]3O[C@H](CN)[C@@H](O[C@H]4O[C@H](CN)[C@@H](O)[C@H](OCc5ccccc5)[C@H]4N)[C@H](OCc4ccccc4)[C@H]3N)[C@H](OCc3ccccc3)[C@H]2N)[C@H](OCc2ccccc2)[C@H]1N.Cl.Cl.Cl.Cl.Cl.Cl.Cl.Cl. The number of methoxy groups -OCH3 is 1. The van der Waals surface area contributed by atoms with Crippen LogP contribution < -0.4 is 45.9 Å². The zero-order chi connectivity index (χ0) is 52.1. The number of hydrogen-bond donors (Lipinski definition) is 9. The molecular formula is C53H84Cl8N8O13. The fraction of sp³-hybridized carbons (Fsp3) is 0.547. The quantitative estimate of drug-likeness (QED) is 0.0515. The van der Waals surface area contributed by atoms with Crippen molar-refractivity contribution in [2.75, 3.05) is 33.3 Å². The fourth-order valence-electron chi connectivity index (χ4n) is 9.91. The van der Waals surface area contributed by atoms with Gasteiger partial charge in [-0.1, -0.05) is 121 Å². The number of aliphatic hydroxyl groups excluding tert-OH is 1. The third-order valence-corrected chi connectivity index (χ3v) is 14.0. The molecule has 29 heteroatoms. The smallest absolute Gasteiger partial charge is 0.176 e. The number of hydrogen-bond acceptors (Lipinski definition) is 21. The molecule has 0 spiro atoms. The molecule has 4 aliphatic rings. The summed E-state index contributed by atoms with van der Waals surface area (Å²) in [5.74, 6) is 0. The molecule has 4 heterocycles. The van der Waals surface area contributed by atoms with Crippen LogP contribution in [0.4, 0.5) is 0 Å². The molecule has 8 rings (SSSR count). The third kappa shape index (κ3) is 20.2. The largest absolute Gasteiger partial charge is 0.388 e. The lowest BCUT2D eigenvalue weighted by molar-refractivity contribution is -0.359. The second kappa shape index (κ2) is 40.0. The maximum absolute atomic E-state index is 11.4. The van der Waals surface area contributed by atoms with Gasteiger partial charge in [0, 0.05) is 33.3 Å². The molecule has 4 saturated heterocycles. The first kappa shape index (κ1) is 80.4. The summed E-state index contributed by atoms with van der Waals surface area (Å²) < 4.78 is 78.1. The molecule has 0 bridgehead atoms. The molecule has 0 saturated carbocycles. The first-order chi connectivity index (χ1) is 36.0. The van der Waals surface area contributed by atoms with Crippen LogP contribution in [-0.2, 0) is 83.3 Å². The molecule has 0 aromatic heterocycles. The molecule has 21 nitrogen and oxygen atoms in total. The Hall–Kier alpha value is -1.64. The Labute approximate surface area is 529 Å². The van der Waals surface area contributed by atoms with Crippen LogP contribution in [0.25, 0.3) is 0 Å². The highest BCUT2D eigenvalue weighted by Gasteiger charge is 2.55. The molecule has 0 amide bonds. The van der Waals surface area contributed by atoms with Crippen molar-refractivity contribution in [3.63, 3.8) is 0 Å². The van der Waals surface area contributed by atoms with Gasteiger partial charge in [0.25, 0.3) is 0 Å². The average Bonchev–Trinajstić information content (AvgIpc) is 3.54. The molecule has 470 valence electrons. The molecular weight excluding hydrogens is 1240 g/mol. The summed E-state index contributed by atoms with van der Waals surface area (Å²) in [5.41, 5.74) is 57.1. The van der Waals surface area contributed by atoms with Gasteiger partial charge in [-0.25, -0.2) is 0 Å². The number of halogens is 8. The molecule has 4 aromatic carbocycles. The van der Waals surface area contributed by atoms with Gasteiger partial charge in [-0.15, -0.1) is 99.3 Å². The normalized spacial score (nSPS) is 33.0. The Morgan fingerprint density at radius 3 is 0.841 bits per heavy atom. The minimum absolute atomic E-state index is 0. The highest BCUT2D eigenvalue weighted by Crippen LogP contribution is 2.36. The van der Waals surface area contributed by atoms with Gasteiger partial charge in [-0.05, 0) is 22.3 Å². The third-order valence-electron chi connectivity index (χ3n) is 14.0. The van der Waals surface area contributed by atoms with E-state index in [9.17, 15) is 5.11 Å². The van der Waals surface area contributed by atoms with Crippen LogP contribution in [-0.4, -0.2) is 161 Å². The van der Waals surface area contributed by atoms with Gasteiger partial charge >= 0.3 is 0 Å². The second-order valence-corrected chi connectivity index (χ2v) is 19.0. The molecule has 17 N–H and O–H groups in total. The first-order valence-electron chi connectivity index (χ1n) is 25.3. The summed E-state index contributed by atoms with van der Waals surface area (Å²) in [6.07, 6.45) is -15.6. The van der Waals surface area contributed by atoms with Crippen molar-refractivity contribution in [2.45, 2.75) is 149 Å². The summed E-state index contributed by atoms with van der Waals surface area (Å²) in [6, 6.07) is 34.4. The topological polar surface area (TPSA) is 339 Å². The van der Waals surface area contributed by atoms with Gasteiger partial charge in [-0.2, -0.15) is 0 Å². The van der Waals surface area contributed by atoms with Gasteiger partial charge in [0.1, 0.15) is 73.2 Å². The molecule has 0 aliphatic carbocycles. The van der Waals surface area contributed by atoms with Crippen LogP contribution in [0.2, 0.25) is 0 Å². The van der Waals surface area contributed by atoms with E-state index in [0.717, 1.165) is 22.3 Å². The summed E-state index contributed by atoms with van der Waals surface area (Å²) >= 11 is 0. The standard InChI is InChI=1S/C53H76N8O13.8ClH/c1-63-50-39(59)47(65-27-31-16-8-3-9-17-31)43(35(23-55)69-50)73-52-41(61)49(67-29-33-20-12-5-13-21-33)45(37(25-57)71-52)74-53-40(60)48(66-28-32-18-10-4-11-19-32)44(36(24-56)70-53)72-51-38(58)46(42(62)34(22-54)68-51)64-26-30-14-6-2-7-15-30;;;;;;;;/h2-21,34-53,62H,22-29,54-61H2,1H3;8*1H/t34-,35-,36-,37-,38-,39-,40-,41-,42-,43-,44-,45-,46-,47-,48-,49-,50+,51-,52-,53-;;;;;;;;/m1......../s1. The number of rotatable bonds is 23. The van der Waals surface area contributed by atoms with E-state index in [1.807, 2.05) is 121 Å². The van der Waals surface area contributed by atoms with Crippen molar-refractivity contribution in [3.05, 3.63) is 144 Å². The zero-order valence-electron chi connectivity index (χ0n) is 45.0. The predicted octanol–water partition coefficient (Wildman–Crippen LogP) is 2.91. The van der Waals surface area contributed by atoms with E-state index in [4.69, 9.17) is 103 Å². The lowest BCUT2D eigenvalue weighted by atomic mass is 9.93. The Kier molecular flexibility index (Phi) is 39.2. The molecule has 4 aliphatic heterocycles. The monoisotopic (exact) mass is 1320 g/mol. The zero-order valence-corrected chi connectivity index (χ0v) is 51.5. The number of aliphatic hydroxyl groups is 1. The molecule has 0 unspecified atom stereocenters. The minimum Gasteiger partial charge on any atom is -0.388 e. The van der Waals surface area contributed by atoms with Gasteiger partial charge in [0.2, 0.25) is 0 Å². The van der Waals surface area contributed by atoms with Crippen molar-refractivity contribution in [1.29, 1.82) is 0 Å². The Bertz CT molecular complexity index is 2260. The Morgan fingerprint density at radius 1 is 0.341 bits per heavy atom. The van der Waals surface area contributed by atoms with Crippen LogP contribution >= 0.6 is 99.3 Å². The van der Waals surface area contributed by atoms with Crippen molar-refractivity contribution in [1.82, 2.24) is 0 Å². The van der Waals surface area contributed by atoms with Crippen LogP contribution in [0.15, 0.2) is 121 Å². The van der Waals surface area contributed by atoms with E-state index in [-0.39, 0.29) is 152 Å². The number of ether oxygens (including phenoxy) is 12. The van der Waals surface area contributed by atoms with Crippen LogP contribution in [0, 0.1) is 0 Å². The van der Waals surface area contributed by atoms with E-state index in [1.54, 1.807) is 0 Å². The van der Waals surface area contributed by atoms with Crippen molar-refractivity contribution in [3.8, 4) is 0 Å². The van der Waals surface area contributed by atoms with E-state index < -0.39 is 123 Å². The van der Waals surface area contributed by atoms with E-state index in [0.29, 0.717) is 0 Å². The molecule has 4 aromatic rings. The summed E-state index contributed by atoms with van der Waals surface area (Å²) in [4.78, 5) is 0. The molecule has 20 atom stereocenters. The summed E-state index contributed by atoms with van der Waals surface area (Å²) in [5, 5.41) is 11.4. The van der Waals surface area contributed by atoms with Crippen LogP contribution in [0.5, 0.6) is 0 Å². The van der Waals surface area contributed by atoms with Crippen molar-refractivity contribution < 1.29 is 61.9 Å². The minimum atomic E-state index is -1.23. The van der Waals surface area contributed by atoms with Gasteiger partial charge in [-0.3, -0.25) is 0 Å². The summed E-state index contributed by atoms with van der Waals surface area (Å²) in [7, 11) is 1.50. The van der Waals surface area contributed by atoms with Gasteiger partial charge in [0.15, 0.2) is 25.2 Å². The number of nitrogens with two attached hydrogens (primary N) is 8. The first-order valence-corrected chi connectivity index (χ1v) is 25.3. The molecule has 82 heavy (non-hydrogen) atoms. The van der Waals surface area contributed by atoms with E-state index in [2.05, 4.69) is 0 Å². The Morgan fingerprint density at radius 2 is 0.573 bits per heavy atom. The van der Waals surface area contributed by atoms with Gasteiger partial charge < -0.3 is 108 Å². The number of benzene rings is 4. The highest BCUT2D eigenvalue weighted by atomic mass is 35.5. The average molecular weight is 1320 g/mol. The lowest BCUT2D eigenvalue weighted by Gasteiger charge is -2.51. The Balaban J connectivity index is 0.00000820. The van der Waals surface area contributed by atoms with Crippen molar-refractivity contribution in [2.24, 2.45) is 45.9 Å². The highest BCUT2D eigenvalue weighted by molar-refractivity contribution is 5.86.